The Balaban J connectivity index is 1.81. The van der Waals surface area contributed by atoms with Gasteiger partial charge < -0.3 is 14.8 Å². The first-order chi connectivity index (χ1) is 15.0. The van der Waals surface area contributed by atoms with Crippen LogP contribution in [-0.2, 0) is 9.53 Å². The third kappa shape index (κ3) is 6.19. The quantitative estimate of drug-likeness (QED) is 0.366. The summed E-state index contributed by atoms with van der Waals surface area (Å²) in [5.41, 5.74) is 2.40. The van der Waals surface area contributed by atoms with E-state index in [1.165, 1.54) is 23.1 Å². The normalized spacial score (nSPS) is 11.5. The molecular weight excluding hydrogens is 436 g/mol. The van der Waals surface area contributed by atoms with Crippen LogP contribution in [0, 0.1) is 6.92 Å². The van der Waals surface area contributed by atoms with Crippen LogP contribution in [0.15, 0.2) is 52.9 Å². The Morgan fingerprint density at radius 3 is 2.61 bits per heavy atom. The van der Waals surface area contributed by atoms with Crippen LogP contribution in [0.5, 0.6) is 5.75 Å². The van der Waals surface area contributed by atoms with Crippen LogP contribution in [-0.4, -0.2) is 35.9 Å². The zero-order chi connectivity index (χ0) is 22.2. The number of methoxy groups -OCH3 is 1. The van der Waals surface area contributed by atoms with Crippen molar-refractivity contribution in [2.75, 3.05) is 24.4 Å². The second-order valence-electron chi connectivity index (χ2n) is 6.32. The van der Waals surface area contributed by atoms with Gasteiger partial charge in [-0.1, -0.05) is 59.5 Å². The SMILES string of the molecule is CCOC(=O)Nc1nnc(SC(C(=O)Nc2cc(C)ccc2OC)c2ccccc2)s1. The van der Waals surface area contributed by atoms with E-state index < -0.39 is 11.3 Å². The smallest absolute Gasteiger partial charge is 0.413 e. The van der Waals surface area contributed by atoms with Gasteiger partial charge in [0.1, 0.15) is 11.0 Å². The number of aromatic nitrogens is 2. The fraction of sp³-hybridized carbons (Fsp3) is 0.238. The summed E-state index contributed by atoms with van der Waals surface area (Å²) >= 11 is 2.42. The van der Waals surface area contributed by atoms with Crippen LogP contribution in [0.3, 0.4) is 0 Å². The Bertz CT molecular complexity index is 1040. The summed E-state index contributed by atoms with van der Waals surface area (Å²) in [5.74, 6) is 0.350. The molecule has 0 aliphatic rings. The van der Waals surface area contributed by atoms with Crippen molar-refractivity contribution in [2.24, 2.45) is 0 Å². The van der Waals surface area contributed by atoms with Crippen molar-refractivity contribution in [3.63, 3.8) is 0 Å². The molecule has 0 fully saturated rings. The standard InChI is InChI=1S/C21H22N4O4S2/c1-4-29-20(27)23-19-24-25-21(31-19)30-17(14-8-6-5-7-9-14)18(26)22-15-12-13(2)10-11-16(15)28-3/h5-12,17H,4H2,1-3H3,(H,22,26)(H,23,24,27). The number of anilines is 2. The Morgan fingerprint density at radius 2 is 1.90 bits per heavy atom. The molecule has 1 unspecified atom stereocenters. The van der Waals surface area contributed by atoms with Crippen molar-refractivity contribution in [1.29, 1.82) is 0 Å². The summed E-state index contributed by atoms with van der Waals surface area (Å²) in [5, 5.41) is 13.2. The van der Waals surface area contributed by atoms with Crippen molar-refractivity contribution >= 4 is 45.9 Å². The highest BCUT2D eigenvalue weighted by Crippen LogP contribution is 2.39. The van der Waals surface area contributed by atoms with Crippen molar-refractivity contribution < 1.29 is 19.1 Å². The molecule has 2 N–H and O–H groups in total. The van der Waals surface area contributed by atoms with Crippen LogP contribution in [0.2, 0.25) is 0 Å². The van der Waals surface area contributed by atoms with E-state index in [0.29, 0.717) is 20.9 Å². The van der Waals surface area contributed by atoms with Crippen molar-refractivity contribution in [1.82, 2.24) is 10.2 Å². The fourth-order valence-electron chi connectivity index (χ4n) is 2.68. The van der Waals surface area contributed by atoms with E-state index in [1.54, 1.807) is 14.0 Å². The number of carbonyl (C=O) groups is 2. The average Bonchev–Trinajstić information content (AvgIpc) is 3.19. The van der Waals surface area contributed by atoms with E-state index in [1.807, 2.05) is 55.5 Å². The Morgan fingerprint density at radius 1 is 1.13 bits per heavy atom. The first-order valence-electron chi connectivity index (χ1n) is 9.44. The number of hydrogen-bond acceptors (Lipinski definition) is 8. The second-order valence-corrected chi connectivity index (χ2v) is 8.65. The maximum absolute atomic E-state index is 13.2. The van der Waals surface area contributed by atoms with Crippen molar-refractivity contribution in [3.8, 4) is 5.75 Å². The monoisotopic (exact) mass is 458 g/mol. The average molecular weight is 459 g/mol. The van der Waals surface area contributed by atoms with Gasteiger partial charge >= 0.3 is 6.09 Å². The molecule has 3 aromatic rings. The lowest BCUT2D eigenvalue weighted by Gasteiger charge is -2.17. The summed E-state index contributed by atoms with van der Waals surface area (Å²) in [7, 11) is 1.56. The zero-order valence-corrected chi connectivity index (χ0v) is 18.9. The summed E-state index contributed by atoms with van der Waals surface area (Å²) in [6, 6.07) is 15.0. The molecule has 2 aromatic carbocycles. The molecule has 0 spiro atoms. The number of rotatable bonds is 8. The maximum atomic E-state index is 13.2. The van der Waals surface area contributed by atoms with Crippen molar-refractivity contribution in [3.05, 3.63) is 59.7 Å². The second kappa shape index (κ2) is 10.8. The van der Waals surface area contributed by atoms with Gasteiger partial charge in [0, 0.05) is 0 Å². The summed E-state index contributed by atoms with van der Waals surface area (Å²) in [6.07, 6.45) is -0.598. The molecule has 1 heterocycles. The molecule has 0 aliphatic carbocycles. The predicted molar refractivity (Wildman–Crippen MR) is 122 cm³/mol. The number of hydrogen-bond donors (Lipinski definition) is 2. The number of amides is 2. The molecule has 2 amide bonds. The summed E-state index contributed by atoms with van der Waals surface area (Å²) < 4.78 is 10.8. The Kier molecular flexibility index (Phi) is 7.85. The van der Waals surface area contributed by atoms with Gasteiger partial charge in [0.25, 0.3) is 0 Å². The molecule has 31 heavy (non-hydrogen) atoms. The molecule has 0 radical (unpaired) electrons. The Hall–Kier alpha value is -3.11. The van der Waals surface area contributed by atoms with Crippen LogP contribution in [0.4, 0.5) is 15.6 Å². The molecule has 0 aliphatic heterocycles. The van der Waals surface area contributed by atoms with E-state index >= 15 is 0 Å². The van der Waals surface area contributed by atoms with Crippen LogP contribution >= 0.6 is 23.1 Å². The first kappa shape index (κ1) is 22.6. The highest BCUT2D eigenvalue weighted by atomic mass is 32.2. The van der Waals surface area contributed by atoms with Gasteiger partial charge in [-0.2, -0.15) is 0 Å². The number of thioether (sulfide) groups is 1. The van der Waals surface area contributed by atoms with Gasteiger partial charge in [0.2, 0.25) is 11.0 Å². The minimum atomic E-state index is -0.598. The first-order valence-corrected chi connectivity index (χ1v) is 11.1. The highest BCUT2D eigenvalue weighted by molar-refractivity contribution is 8.02. The lowest BCUT2D eigenvalue weighted by molar-refractivity contribution is -0.115. The molecule has 1 aromatic heterocycles. The summed E-state index contributed by atoms with van der Waals surface area (Å²) in [6.45, 7) is 3.91. The zero-order valence-electron chi connectivity index (χ0n) is 17.2. The molecule has 8 nitrogen and oxygen atoms in total. The fourth-order valence-corrected chi connectivity index (χ4v) is 4.61. The van der Waals surface area contributed by atoms with Gasteiger partial charge in [-0.3, -0.25) is 10.1 Å². The number of nitrogens with one attached hydrogen (secondary N) is 2. The maximum Gasteiger partial charge on any atom is 0.413 e. The van der Waals surface area contributed by atoms with Crippen LogP contribution in [0.1, 0.15) is 23.3 Å². The number of carbonyl (C=O) groups excluding carboxylic acids is 2. The minimum Gasteiger partial charge on any atom is -0.495 e. The van der Waals surface area contributed by atoms with E-state index in [-0.39, 0.29) is 12.5 Å². The molecule has 162 valence electrons. The summed E-state index contributed by atoms with van der Waals surface area (Å²) in [4.78, 5) is 24.8. The van der Waals surface area contributed by atoms with E-state index in [9.17, 15) is 9.59 Å². The molecule has 3 rings (SSSR count). The Labute approximate surface area is 188 Å². The largest absolute Gasteiger partial charge is 0.495 e. The van der Waals surface area contributed by atoms with E-state index in [0.717, 1.165) is 11.1 Å². The number of benzene rings is 2. The molecule has 0 saturated heterocycles. The predicted octanol–water partition coefficient (Wildman–Crippen LogP) is 4.90. The molecular formula is C21H22N4O4S2. The third-order valence-corrected chi connectivity index (χ3v) is 6.24. The van der Waals surface area contributed by atoms with E-state index in [4.69, 9.17) is 9.47 Å². The van der Waals surface area contributed by atoms with Gasteiger partial charge in [0.15, 0.2) is 4.34 Å². The molecule has 0 saturated carbocycles. The van der Waals surface area contributed by atoms with Crippen LogP contribution in [0.25, 0.3) is 0 Å². The number of nitrogens with zero attached hydrogens (tertiary/aromatic N) is 2. The van der Waals surface area contributed by atoms with Gasteiger partial charge in [0.05, 0.1) is 19.4 Å². The number of ether oxygens (including phenoxy) is 2. The van der Waals surface area contributed by atoms with E-state index in [2.05, 4.69) is 20.8 Å². The van der Waals surface area contributed by atoms with Gasteiger partial charge in [-0.25, -0.2) is 4.79 Å². The molecule has 0 bridgehead atoms. The van der Waals surface area contributed by atoms with Crippen molar-refractivity contribution in [2.45, 2.75) is 23.4 Å². The molecule has 10 heteroatoms. The van der Waals surface area contributed by atoms with Gasteiger partial charge in [-0.15, -0.1) is 10.2 Å². The lowest BCUT2D eigenvalue weighted by Crippen LogP contribution is -2.19. The van der Waals surface area contributed by atoms with Crippen LogP contribution < -0.4 is 15.4 Å². The van der Waals surface area contributed by atoms with Gasteiger partial charge in [-0.05, 0) is 37.1 Å². The third-order valence-electron chi connectivity index (χ3n) is 4.06. The minimum absolute atomic E-state index is 0.227. The topological polar surface area (TPSA) is 102 Å². The lowest BCUT2D eigenvalue weighted by atomic mass is 10.1. The molecule has 1 atom stereocenters. The highest BCUT2D eigenvalue weighted by Gasteiger charge is 2.25. The number of aryl methyl sites for hydroxylation is 1.